The first-order valence-corrected chi connectivity index (χ1v) is 3.63. The number of hydrogen-bond acceptors (Lipinski definition) is 3. The van der Waals surface area contributed by atoms with Crippen molar-refractivity contribution in [3.8, 4) is 17.2 Å². The topological polar surface area (TPSA) is 49.7 Å². The SMILES string of the molecule is Oc1ccc2c(c1O)OCC=C2. The second-order valence-corrected chi connectivity index (χ2v) is 2.57. The second-order valence-electron chi connectivity index (χ2n) is 2.57. The van der Waals surface area contributed by atoms with Crippen LogP contribution in [0.4, 0.5) is 0 Å². The fourth-order valence-electron chi connectivity index (χ4n) is 1.17. The third-order valence-electron chi connectivity index (χ3n) is 1.76. The number of rotatable bonds is 0. The average Bonchev–Trinajstić information content (AvgIpc) is 2.12. The smallest absolute Gasteiger partial charge is 0.201 e. The number of aromatic hydroxyl groups is 2. The Balaban J connectivity index is 2.63. The summed E-state index contributed by atoms with van der Waals surface area (Å²) in [5.41, 5.74) is 0.788. The summed E-state index contributed by atoms with van der Waals surface area (Å²) >= 11 is 0. The number of fused-ring (bicyclic) bond motifs is 1. The highest BCUT2D eigenvalue weighted by Gasteiger charge is 2.13. The zero-order chi connectivity index (χ0) is 8.55. The molecule has 0 spiro atoms. The van der Waals surface area contributed by atoms with Crippen molar-refractivity contribution in [2.45, 2.75) is 0 Å². The second kappa shape index (κ2) is 2.44. The zero-order valence-electron chi connectivity index (χ0n) is 6.32. The highest BCUT2D eigenvalue weighted by atomic mass is 16.5. The summed E-state index contributed by atoms with van der Waals surface area (Å²) in [6.45, 7) is 0.435. The fraction of sp³-hybridized carbons (Fsp3) is 0.111. The van der Waals surface area contributed by atoms with E-state index in [1.807, 2.05) is 12.2 Å². The monoisotopic (exact) mass is 164 g/mol. The maximum absolute atomic E-state index is 9.33. The number of hydrogen-bond donors (Lipinski definition) is 2. The molecule has 62 valence electrons. The third kappa shape index (κ3) is 0.906. The molecule has 3 nitrogen and oxygen atoms in total. The van der Waals surface area contributed by atoms with E-state index in [9.17, 15) is 5.11 Å². The summed E-state index contributed by atoms with van der Waals surface area (Å²) in [5.74, 6) is 0.0263. The minimum Gasteiger partial charge on any atom is -0.504 e. The maximum Gasteiger partial charge on any atom is 0.201 e. The van der Waals surface area contributed by atoms with Crippen LogP contribution in [0.1, 0.15) is 5.56 Å². The molecule has 0 saturated heterocycles. The van der Waals surface area contributed by atoms with Gasteiger partial charge in [0.25, 0.3) is 0 Å². The van der Waals surface area contributed by atoms with Gasteiger partial charge in [0.05, 0.1) is 0 Å². The molecule has 0 amide bonds. The molecule has 0 bridgehead atoms. The van der Waals surface area contributed by atoms with Crippen LogP contribution in [-0.4, -0.2) is 16.8 Å². The number of phenols is 2. The molecule has 3 heteroatoms. The summed E-state index contributed by atoms with van der Waals surface area (Å²) in [7, 11) is 0. The lowest BCUT2D eigenvalue weighted by molar-refractivity contribution is 0.320. The maximum atomic E-state index is 9.33. The lowest BCUT2D eigenvalue weighted by atomic mass is 10.1. The van der Waals surface area contributed by atoms with Gasteiger partial charge in [-0.1, -0.05) is 6.08 Å². The van der Waals surface area contributed by atoms with Gasteiger partial charge in [-0.3, -0.25) is 0 Å². The zero-order valence-corrected chi connectivity index (χ0v) is 6.32. The summed E-state index contributed by atoms with van der Waals surface area (Å²) in [5, 5.41) is 18.5. The molecule has 2 N–H and O–H groups in total. The van der Waals surface area contributed by atoms with Crippen molar-refractivity contribution in [1.29, 1.82) is 0 Å². The lowest BCUT2D eigenvalue weighted by Gasteiger charge is -2.13. The van der Waals surface area contributed by atoms with Gasteiger partial charge in [-0.25, -0.2) is 0 Å². The fourth-order valence-corrected chi connectivity index (χ4v) is 1.17. The number of benzene rings is 1. The van der Waals surface area contributed by atoms with Crippen LogP contribution in [0, 0.1) is 0 Å². The Kier molecular flexibility index (Phi) is 1.43. The molecule has 0 aromatic heterocycles. The molecule has 0 saturated carbocycles. The van der Waals surface area contributed by atoms with Gasteiger partial charge < -0.3 is 14.9 Å². The molecule has 1 aliphatic heterocycles. The Morgan fingerprint density at radius 3 is 2.92 bits per heavy atom. The van der Waals surface area contributed by atoms with Crippen LogP contribution in [-0.2, 0) is 0 Å². The lowest BCUT2D eigenvalue weighted by Crippen LogP contribution is -1.99. The Labute approximate surface area is 69.5 Å². The third-order valence-corrected chi connectivity index (χ3v) is 1.76. The quantitative estimate of drug-likeness (QED) is 0.571. The van der Waals surface area contributed by atoms with E-state index in [-0.39, 0.29) is 11.5 Å². The van der Waals surface area contributed by atoms with E-state index in [1.165, 1.54) is 6.07 Å². The highest BCUT2D eigenvalue weighted by Crippen LogP contribution is 2.39. The van der Waals surface area contributed by atoms with Gasteiger partial charge in [-0.2, -0.15) is 0 Å². The molecule has 0 radical (unpaired) electrons. The van der Waals surface area contributed by atoms with Crippen molar-refractivity contribution in [2.75, 3.05) is 6.61 Å². The van der Waals surface area contributed by atoms with E-state index >= 15 is 0 Å². The van der Waals surface area contributed by atoms with Crippen LogP contribution < -0.4 is 4.74 Å². The Morgan fingerprint density at radius 1 is 1.25 bits per heavy atom. The number of ether oxygens (including phenoxy) is 1. The molecule has 0 fully saturated rings. The van der Waals surface area contributed by atoms with Crippen LogP contribution in [0.2, 0.25) is 0 Å². The summed E-state index contributed by atoms with van der Waals surface area (Å²) in [4.78, 5) is 0. The van der Waals surface area contributed by atoms with E-state index < -0.39 is 0 Å². The van der Waals surface area contributed by atoms with Gasteiger partial charge in [-0.05, 0) is 18.2 Å². The van der Waals surface area contributed by atoms with Crippen molar-refractivity contribution >= 4 is 6.08 Å². The molecular formula is C9H8O3. The molecule has 12 heavy (non-hydrogen) atoms. The van der Waals surface area contributed by atoms with Crippen molar-refractivity contribution in [2.24, 2.45) is 0 Å². The van der Waals surface area contributed by atoms with Gasteiger partial charge in [0.2, 0.25) is 5.75 Å². The van der Waals surface area contributed by atoms with E-state index in [0.29, 0.717) is 12.4 Å². The van der Waals surface area contributed by atoms with Gasteiger partial charge in [0, 0.05) is 5.56 Å². The van der Waals surface area contributed by atoms with Gasteiger partial charge in [0.15, 0.2) is 11.5 Å². The van der Waals surface area contributed by atoms with Gasteiger partial charge in [-0.15, -0.1) is 0 Å². The largest absolute Gasteiger partial charge is 0.504 e. The van der Waals surface area contributed by atoms with Crippen molar-refractivity contribution in [3.63, 3.8) is 0 Å². The Morgan fingerprint density at radius 2 is 2.08 bits per heavy atom. The minimum absolute atomic E-state index is 0.149. The number of phenolic OH excluding ortho intramolecular Hbond substituents is 2. The molecule has 1 aromatic carbocycles. The Hall–Kier alpha value is -1.64. The normalized spacial score (nSPS) is 13.7. The van der Waals surface area contributed by atoms with Gasteiger partial charge >= 0.3 is 0 Å². The van der Waals surface area contributed by atoms with Crippen molar-refractivity contribution in [1.82, 2.24) is 0 Å². The van der Waals surface area contributed by atoms with Gasteiger partial charge in [0.1, 0.15) is 6.61 Å². The van der Waals surface area contributed by atoms with Crippen LogP contribution in [0.25, 0.3) is 6.08 Å². The van der Waals surface area contributed by atoms with Crippen molar-refractivity contribution in [3.05, 3.63) is 23.8 Å². The van der Waals surface area contributed by atoms with Crippen molar-refractivity contribution < 1.29 is 14.9 Å². The summed E-state index contributed by atoms with van der Waals surface area (Å²) < 4.78 is 5.14. The minimum atomic E-state index is -0.183. The highest BCUT2D eigenvalue weighted by molar-refractivity contribution is 5.66. The van der Waals surface area contributed by atoms with E-state index in [4.69, 9.17) is 9.84 Å². The predicted molar refractivity (Wildman–Crippen MR) is 44.3 cm³/mol. The van der Waals surface area contributed by atoms with E-state index in [0.717, 1.165) is 5.56 Å². The average molecular weight is 164 g/mol. The molecule has 0 atom stereocenters. The molecule has 0 unspecified atom stereocenters. The molecule has 2 rings (SSSR count). The first-order chi connectivity index (χ1) is 5.79. The van der Waals surface area contributed by atoms with E-state index in [1.54, 1.807) is 6.07 Å². The first-order valence-electron chi connectivity index (χ1n) is 3.63. The van der Waals surface area contributed by atoms with E-state index in [2.05, 4.69) is 0 Å². The van der Waals surface area contributed by atoms with Crippen LogP contribution in [0.15, 0.2) is 18.2 Å². The van der Waals surface area contributed by atoms with Crippen LogP contribution in [0.3, 0.4) is 0 Å². The predicted octanol–water partition coefficient (Wildman–Crippen LogP) is 1.50. The Bertz CT molecular complexity index is 342. The first kappa shape index (κ1) is 7.03. The molecule has 1 aromatic rings. The van der Waals surface area contributed by atoms with Crippen LogP contribution in [0.5, 0.6) is 17.2 Å². The molecule has 1 aliphatic rings. The standard InChI is InChI=1S/C9H8O3/c10-7-4-3-6-2-1-5-12-9(6)8(7)11/h1-4,10-11H,5H2. The van der Waals surface area contributed by atoms with Crippen LogP contribution >= 0.6 is 0 Å². The summed E-state index contributed by atoms with van der Waals surface area (Å²) in [6.07, 6.45) is 3.69. The molecular weight excluding hydrogens is 156 g/mol. The molecule has 0 aliphatic carbocycles. The molecule has 1 heterocycles. The summed E-state index contributed by atoms with van der Waals surface area (Å²) in [6, 6.07) is 3.13.